The highest BCUT2D eigenvalue weighted by atomic mass is 35.5. The fourth-order valence-corrected chi connectivity index (χ4v) is 4.85. The Morgan fingerprint density at radius 2 is 1.94 bits per heavy atom. The summed E-state index contributed by atoms with van der Waals surface area (Å²) in [7, 11) is -1.25. The quantitative estimate of drug-likeness (QED) is 0.618. The van der Waals surface area contributed by atoms with E-state index in [2.05, 4.69) is 10.4 Å². The van der Waals surface area contributed by atoms with Crippen molar-refractivity contribution < 1.29 is 18.5 Å². The lowest BCUT2D eigenvalue weighted by molar-refractivity contribution is 0.0886. The molecule has 2 heterocycles. The molecule has 1 aliphatic rings. The summed E-state index contributed by atoms with van der Waals surface area (Å²) in [6.45, 7) is 0. The highest BCUT2D eigenvalue weighted by Gasteiger charge is 2.32. The zero-order valence-electron chi connectivity index (χ0n) is 16.0. The number of hydrogen-bond acceptors (Lipinski definition) is 5. The number of benzene rings is 2. The zero-order chi connectivity index (χ0) is 22.1. The van der Waals surface area contributed by atoms with Crippen LogP contribution in [0.3, 0.4) is 0 Å². The molecule has 1 aliphatic heterocycles. The van der Waals surface area contributed by atoms with E-state index in [9.17, 15) is 23.3 Å². The molecule has 0 aliphatic carbocycles. The van der Waals surface area contributed by atoms with E-state index in [4.69, 9.17) is 11.6 Å². The van der Waals surface area contributed by atoms with Crippen LogP contribution in [0.4, 0.5) is 4.39 Å². The molecule has 1 aromatic heterocycles. The maximum Gasteiger partial charge on any atom is 0.284 e. The maximum atomic E-state index is 13.8. The lowest BCUT2D eigenvalue weighted by Crippen LogP contribution is -2.44. The number of carbonyl (C=O) groups is 1. The van der Waals surface area contributed by atoms with Crippen molar-refractivity contribution >= 4 is 28.3 Å². The van der Waals surface area contributed by atoms with Gasteiger partial charge in [-0.2, -0.15) is 9.78 Å². The second-order valence-corrected chi connectivity index (χ2v) is 9.05. The minimum Gasteiger partial charge on any atom is -0.390 e. The lowest BCUT2D eigenvalue weighted by atomic mass is 10.1. The molecule has 4 rings (SSSR count). The Morgan fingerprint density at radius 3 is 2.58 bits per heavy atom. The molecule has 7 nitrogen and oxygen atoms in total. The van der Waals surface area contributed by atoms with E-state index in [1.807, 2.05) is 0 Å². The van der Waals surface area contributed by atoms with E-state index in [0.717, 1.165) is 10.7 Å². The van der Waals surface area contributed by atoms with Gasteiger partial charge in [0.1, 0.15) is 11.4 Å². The van der Waals surface area contributed by atoms with E-state index in [0.29, 0.717) is 16.3 Å². The molecule has 2 N–H and O–H groups in total. The molecule has 0 bridgehead atoms. The van der Waals surface area contributed by atoms with E-state index in [1.165, 1.54) is 24.3 Å². The number of carbonyl (C=O) groups excluding carboxylic acids is 1. The van der Waals surface area contributed by atoms with Gasteiger partial charge in [0.15, 0.2) is 0 Å². The molecule has 10 heteroatoms. The third kappa shape index (κ3) is 4.58. The fraction of sp³-hybridized carbons (Fsp3) is 0.190. The number of rotatable bonds is 4. The molecule has 0 saturated carbocycles. The van der Waals surface area contributed by atoms with Gasteiger partial charge in [0.05, 0.1) is 29.3 Å². The van der Waals surface area contributed by atoms with Crippen molar-refractivity contribution in [2.24, 2.45) is 0 Å². The van der Waals surface area contributed by atoms with Crippen LogP contribution in [0.15, 0.2) is 59.4 Å². The molecule has 3 aromatic rings. The number of aliphatic hydroxyl groups excluding tert-OH is 1. The van der Waals surface area contributed by atoms with Gasteiger partial charge in [-0.25, -0.2) is 4.39 Å². The molecule has 31 heavy (non-hydrogen) atoms. The van der Waals surface area contributed by atoms with Gasteiger partial charge in [-0.3, -0.25) is 13.8 Å². The molecule has 0 radical (unpaired) electrons. The second-order valence-electron chi connectivity index (χ2n) is 7.07. The van der Waals surface area contributed by atoms with Gasteiger partial charge < -0.3 is 10.4 Å². The Balaban J connectivity index is 1.81. The van der Waals surface area contributed by atoms with Gasteiger partial charge >= 0.3 is 0 Å². The Kier molecular flexibility index (Phi) is 5.99. The van der Waals surface area contributed by atoms with Gasteiger partial charge in [0.25, 0.3) is 11.5 Å². The monoisotopic (exact) mass is 461 g/mol. The van der Waals surface area contributed by atoms with Crippen molar-refractivity contribution in [2.75, 3.05) is 11.5 Å². The van der Waals surface area contributed by atoms with E-state index < -0.39 is 40.2 Å². The largest absolute Gasteiger partial charge is 0.390 e. The van der Waals surface area contributed by atoms with Gasteiger partial charge in [-0.15, -0.1) is 0 Å². The summed E-state index contributed by atoms with van der Waals surface area (Å²) in [5.41, 5.74) is 0.0345. The van der Waals surface area contributed by atoms with Crippen LogP contribution in [0.1, 0.15) is 10.4 Å². The first kappa shape index (κ1) is 21.4. The third-order valence-corrected chi connectivity index (χ3v) is 6.55. The van der Waals surface area contributed by atoms with Crippen LogP contribution >= 0.6 is 11.6 Å². The van der Waals surface area contributed by atoms with Crippen LogP contribution in [-0.4, -0.2) is 48.7 Å². The van der Waals surface area contributed by atoms with Crippen molar-refractivity contribution in [1.82, 2.24) is 15.1 Å². The van der Waals surface area contributed by atoms with Gasteiger partial charge in [-0.1, -0.05) is 29.8 Å². The Labute approximate surface area is 183 Å². The molecule has 2 aromatic carbocycles. The predicted molar refractivity (Wildman–Crippen MR) is 115 cm³/mol. The van der Waals surface area contributed by atoms with Crippen LogP contribution < -0.4 is 10.9 Å². The Morgan fingerprint density at radius 1 is 1.19 bits per heavy atom. The zero-order valence-corrected chi connectivity index (χ0v) is 17.6. The molecule has 160 valence electrons. The molecular weight excluding hydrogens is 445 g/mol. The number of nitrogens with one attached hydrogen (secondary N) is 1. The van der Waals surface area contributed by atoms with Crippen molar-refractivity contribution in [3.63, 3.8) is 0 Å². The van der Waals surface area contributed by atoms with E-state index in [1.54, 1.807) is 24.3 Å². The minimum absolute atomic E-state index is 0.0604. The third-order valence-electron chi connectivity index (χ3n) is 4.85. The van der Waals surface area contributed by atoms with Crippen LogP contribution in [0.5, 0.6) is 0 Å². The van der Waals surface area contributed by atoms with Crippen LogP contribution in [0.25, 0.3) is 16.9 Å². The number of aromatic nitrogens is 2. The van der Waals surface area contributed by atoms with Crippen LogP contribution in [0, 0.1) is 5.82 Å². The smallest absolute Gasteiger partial charge is 0.284 e. The summed E-state index contributed by atoms with van der Waals surface area (Å²) in [5.74, 6) is -1.15. The molecule has 3 atom stereocenters. The Hall–Kier alpha value is -2.88. The number of amides is 1. The van der Waals surface area contributed by atoms with Crippen molar-refractivity contribution in [1.29, 1.82) is 0 Å². The highest BCUT2D eigenvalue weighted by molar-refractivity contribution is 7.85. The number of hydrogen-bond donors (Lipinski definition) is 2. The van der Waals surface area contributed by atoms with Crippen LogP contribution in [0.2, 0.25) is 5.02 Å². The molecule has 1 fully saturated rings. The van der Waals surface area contributed by atoms with Crippen molar-refractivity contribution in [2.45, 2.75) is 12.1 Å². The lowest BCUT2D eigenvalue weighted by Gasteiger charge is -2.16. The number of nitrogens with zero attached hydrogens (tertiary/aromatic N) is 2. The summed E-state index contributed by atoms with van der Waals surface area (Å²) in [5, 5.41) is 17.4. The molecular formula is C21H17ClFN3O4S. The number of halogens is 2. The fourth-order valence-electron chi connectivity index (χ4n) is 3.27. The molecule has 1 amide bonds. The molecule has 0 spiro atoms. The Bertz CT molecular complexity index is 1230. The summed E-state index contributed by atoms with van der Waals surface area (Å²) in [6.07, 6.45) is -0.965. The first-order valence-electron chi connectivity index (χ1n) is 9.32. The second kappa shape index (κ2) is 8.70. The summed E-state index contributed by atoms with van der Waals surface area (Å²) < 4.78 is 26.4. The van der Waals surface area contributed by atoms with Gasteiger partial charge in [0.2, 0.25) is 0 Å². The summed E-state index contributed by atoms with van der Waals surface area (Å²) >= 11 is 5.94. The summed E-state index contributed by atoms with van der Waals surface area (Å²) in [4.78, 5) is 26.0. The average molecular weight is 462 g/mol. The highest BCUT2D eigenvalue weighted by Crippen LogP contribution is 2.21. The van der Waals surface area contributed by atoms with Crippen molar-refractivity contribution in [3.05, 3.63) is 81.4 Å². The van der Waals surface area contributed by atoms with Crippen LogP contribution in [-0.2, 0) is 10.8 Å². The average Bonchev–Trinajstić information content (AvgIpc) is 3.05. The normalized spacial score (nSPS) is 20.5. The number of aliphatic hydroxyl groups is 1. The van der Waals surface area contributed by atoms with E-state index >= 15 is 0 Å². The first-order chi connectivity index (χ1) is 14.8. The standard InChI is InChI=1S/C21H17ClFN3O4S/c22-13-6-4-12(5-7-13)17-9-16(20(28)24-18-10-31(30)11-19(18)27)21(29)26(25-17)15-3-1-2-14(23)8-15/h1-9,18-19,27H,10-11H2,(H,24,28)/t18-,19+,31-/m1/s1. The van der Waals surface area contributed by atoms with Crippen molar-refractivity contribution in [3.8, 4) is 16.9 Å². The minimum atomic E-state index is -1.25. The first-order valence-corrected chi connectivity index (χ1v) is 11.2. The molecule has 1 saturated heterocycles. The molecule has 0 unspecified atom stereocenters. The SMILES string of the molecule is O=C(N[C@@H]1C[S@@](=O)C[C@@H]1O)c1cc(-c2ccc(Cl)cc2)nn(-c2cccc(F)c2)c1=O. The maximum absolute atomic E-state index is 13.8. The topological polar surface area (TPSA) is 101 Å². The predicted octanol–water partition coefficient (Wildman–Crippen LogP) is 1.91. The van der Waals surface area contributed by atoms with E-state index in [-0.39, 0.29) is 22.8 Å². The van der Waals surface area contributed by atoms with Gasteiger partial charge in [-0.05, 0) is 36.4 Å². The summed E-state index contributed by atoms with van der Waals surface area (Å²) in [6, 6.07) is 12.5. The van der Waals surface area contributed by atoms with Gasteiger partial charge in [0, 0.05) is 27.1 Å².